The molecule has 0 spiro atoms. The van der Waals surface area contributed by atoms with Gasteiger partial charge in [-0.1, -0.05) is 54.1 Å². The van der Waals surface area contributed by atoms with Crippen molar-refractivity contribution in [2.75, 3.05) is 47.0 Å². The van der Waals surface area contributed by atoms with Crippen LogP contribution in [0.25, 0.3) is 6.08 Å². The van der Waals surface area contributed by atoms with Crippen LogP contribution in [0, 0.1) is 5.92 Å². The first-order chi connectivity index (χ1) is 17.4. The summed E-state index contributed by atoms with van der Waals surface area (Å²) in [4.78, 5) is 30.5. The van der Waals surface area contributed by atoms with Gasteiger partial charge < -0.3 is 14.8 Å². The van der Waals surface area contributed by atoms with Gasteiger partial charge in [0.25, 0.3) is 5.91 Å². The molecule has 4 rings (SSSR count). The molecule has 1 unspecified atom stereocenters. The molecule has 0 saturated carbocycles. The van der Waals surface area contributed by atoms with Crippen LogP contribution >= 0.6 is 0 Å². The van der Waals surface area contributed by atoms with E-state index < -0.39 is 5.54 Å². The average Bonchev–Trinajstić information content (AvgIpc) is 3.13. The molecule has 2 aromatic carbocycles. The molecule has 2 aliphatic heterocycles. The molecule has 2 heterocycles. The first-order valence-corrected chi connectivity index (χ1v) is 12.7. The van der Waals surface area contributed by atoms with Crippen LogP contribution in [0.3, 0.4) is 0 Å². The third-order valence-electron chi connectivity index (χ3n) is 7.31. The van der Waals surface area contributed by atoms with Crippen molar-refractivity contribution in [2.24, 2.45) is 5.92 Å². The minimum absolute atomic E-state index is 0.0438. The number of benzene rings is 2. The summed E-state index contributed by atoms with van der Waals surface area (Å²) in [6, 6.07) is 17.8. The molecule has 7 heteroatoms. The maximum absolute atomic E-state index is 13.8. The highest BCUT2D eigenvalue weighted by atomic mass is 16.5. The molecule has 0 radical (unpaired) electrons. The minimum Gasteiger partial charge on any atom is -0.497 e. The quantitative estimate of drug-likeness (QED) is 0.509. The zero-order valence-corrected chi connectivity index (χ0v) is 21.5. The second-order valence-electron chi connectivity index (χ2n) is 9.83. The molecule has 7 nitrogen and oxygen atoms in total. The lowest BCUT2D eigenvalue weighted by atomic mass is 9.74. The maximum atomic E-state index is 13.8. The predicted octanol–water partition coefficient (Wildman–Crippen LogP) is 3.99. The monoisotopic (exact) mass is 491 g/mol. The Morgan fingerprint density at radius 2 is 1.83 bits per heavy atom. The van der Waals surface area contributed by atoms with Crippen LogP contribution in [-0.2, 0) is 16.0 Å². The van der Waals surface area contributed by atoms with Crippen LogP contribution in [0.15, 0.2) is 60.2 Å². The maximum Gasteiger partial charge on any atom is 0.325 e. The van der Waals surface area contributed by atoms with Crippen molar-refractivity contribution in [1.82, 2.24) is 15.1 Å². The van der Waals surface area contributed by atoms with E-state index in [1.165, 1.54) is 16.0 Å². The highest BCUT2D eigenvalue weighted by molar-refractivity contribution is 6.07. The van der Waals surface area contributed by atoms with Gasteiger partial charge in [0.2, 0.25) is 0 Å². The van der Waals surface area contributed by atoms with Gasteiger partial charge in [0.15, 0.2) is 0 Å². The lowest BCUT2D eigenvalue weighted by Crippen LogP contribution is -2.57. The molecular formula is C29H37N3O4. The summed E-state index contributed by atoms with van der Waals surface area (Å²) in [6.45, 7) is 5.39. The first-order valence-electron chi connectivity index (χ1n) is 12.7. The molecule has 0 aromatic heterocycles. The summed E-state index contributed by atoms with van der Waals surface area (Å²) in [5.74, 6) is 0.638. The fraction of sp³-hybridized carbons (Fsp3) is 0.448. The number of carbonyl (C=O) groups is 2. The van der Waals surface area contributed by atoms with Crippen molar-refractivity contribution in [1.29, 1.82) is 0 Å². The molecule has 2 aromatic rings. The Bertz CT molecular complexity index is 1080. The summed E-state index contributed by atoms with van der Waals surface area (Å²) in [5, 5.41) is 3.13. The van der Waals surface area contributed by atoms with Crippen LogP contribution < -0.4 is 10.1 Å². The summed E-state index contributed by atoms with van der Waals surface area (Å²) in [6.07, 6.45) is 4.35. The van der Waals surface area contributed by atoms with E-state index in [0.717, 1.165) is 43.8 Å². The van der Waals surface area contributed by atoms with Crippen LogP contribution in [0.4, 0.5) is 4.79 Å². The van der Waals surface area contributed by atoms with E-state index in [1.54, 1.807) is 14.2 Å². The number of nitrogens with zero attached hydrogens (tertiary/aromatic N) is 2. The van der Waals surface area contributed by atoms with E-state index in [-0.39, 0.29) is 24.4 Å². The molecule has 2 saturated heterocycles. The van der Waals surface area contributed by atoms with E-state index in [0.29, 0.717) is 13.0 Å². The Labute approximate surface area is 214 Å². The number of carbonyl (C=O) groups excluding carboxylic acids is 2. The predicted molar refractivity (Wildman–Crippen MR) is 141 cm³/mol. The second-order valence-corrected chi connectivity index (χ2v) is 9.83. The Kier molecular flexibility index (Phi) is 8.44. The van der Waals surface area contributed by atoms with Crippen molar-refractivity contribution >= 4 is 18.0 Å². The fourth-order valence-electron chi connectivity index (χ4n) is 5.49. The van der Waals surface area contributed by atoms with E-state index in [2.05, 4.69) is 47.5 Å². The Morgan fingerprint density at radius 1 is 1.08 bits per heavy atom. The zero-order chi connectivity index (χ0) is 25.5. The Morgan fingerprint density at radius 3 is 2.53 bits per heavy atom. The number of imide groups is 1. The van der Waals surface area contributed by atoms with Crippen LogP contribution in [-0.4, -0.2) is 74.3 Å². The molecule has 0 aliphatic carbocycles. The number of likely N-dealkylation sites (tertiary alicyclic amines) is 1. The number of hydrogen-bond donors (Lipinski definition) is 1. The van der Waals surface area contributed by atoms with Gasteiger partial charge in [-0.05, 0) is 62.0 Å². The third kappa shape index (κ3) is 5.79. The van der Waals surface area contributed by atoms with Gasteiger partial charge >= 0.3 is 6.03 Å². The standard InChI is InChI=1S/C29H37N3O4/c1-22(18-23-8-5-4-6-9-23)21-31-14-12-25(13-15-31)29(20-24-10-7-11-26(19-24)36-3)27(33)32(16-17-35-2)28(34)30-29/h4-11,18-19,25H,12-17,20-21H2,1-3H3,(H,30,34). The van der Waals surface area contributed by atoms with E-state index in [4.69, 9.17) is 9.47 Å². The normalized spacial score (nSPS) is 21.6. The number of rotatable bonds is 10. The molecule has 2 aliphatic rings. The summed E-state index contributed by atoms with van der Waals surface area (Å²) in [5.41, 5.74) is 2.53. The van der Waals surface area contributed by atoms with Crippen molar-refractivity contribution in [3.8, 4) is 5.75 Å². The molecule has 0 bridgehead atoms. The van der Waals surface area contributed by atoms with Crippen LogP contribution in [0.2, 0.25) is 0 Å². The average molecular weight is 492 g/mol. The summed E-state index contributed by atoms with van der Waals surface area (Å²) in [7, 11) is 3.21. The highest BCUT2D eigenvalue weighted by Crippen LogP contribution is 2.37. The number of urea groups is 1. The molecule has 1 atom stereocenters. The van der Waals surface area contributed by atoms with Gasteiger partial charge in [-0.3, -0.25) is 14.6 Å². The lowest BCUT2D eigenvalue weighted by Gasteiger charge is -2.41. The lowest BCUT2D eigenvalue weighted by molar-refractivity contribution is -0.134. The minimum atomic E-state index is -0.960. The molecule has 3 amide bonds. The number of nitrogens with one attached hydrogen (secondary N) is 1. The van der Waals surface area contributed by atoms with Gasteiger partial charge in [-0.25, -0.2) is 4.79 Å². The number of hydrogen-bond acceptors (Lipinski definition) is 5. The van der Waals surface area contributed by atoms with Crippen molar-refractivity contribution in [2.45, 2.75) is 31.7 Å². The van der Waals surface area contributed by atoms with Gasteiger partial charge in [0.1, 0.15) is 11.3 Å². The van der Waals surface area contributed by atoms with E-state index in [1.807, 2.05) is 30.3 Å². The zero-order valence-electron chi connectivity index (χ0n) is 21.5. The van der Waals surface area contributed by atoms with Gasteiger partial charge in [-0.2, -0.15) is 0 Å². The molecule has 2 fully saturated rings. The van der Waals surface area contributed by atoms with Crippen LogP contribution in [0.5, 0.6) is 5.75 Å². The highest BCUT2D eigenvalue weighted by Gasteiger charge is 2.55. The molecule has 1 N–H and O–H groups in total. The Balaban J connectivity index is 1.50. The number of amides is 3. The molecule has 36 heavy (non-hydrogen) atoms. The molecule has 192 valence electrons. The largest absolute Gasteiger partial charge is 0.497 e. The summed E-state index contributed by atoms with van der Waals surface area (Å²) >= 11 is 0. The Hall–Kier alpha value is -3.16. The van der Waals surface area contributed by atoms with E-state index in [9.17, 15) is 9.59 Å². The van der Waals surface area contributed by atoms with Crippen molar-refractivity contribution < 1.29 is 19.1 Å². The van der Waals surface area contributed by atoms with Gasteiger partial charge in [0.05, 0.1) is 20.3 Å². The van der Waals surface area contributed by atoms with Crippen molar-refractivity contribution in [3.05, 3.63) is 71.3 Å². The SMILES string of the molecule is COCCN1C(=O)NC(Cc2cccc(OC)c2)(C2CCN(CC(C)=Cc3ccccc3)CC2)C1=O. The van der Waals surface area contributed by atoms with Gasteiger partial charge in [0, 0.05) is 20.1 Å². The van der Waals surface area contributed by atoms with Crippen LogP contribution in [0.1, 0.15) is 30.9 Å². The smallest absolute Gasteiger partial charge is 0.325 e. The van der Waals surface area contributed by atoms with E-state index >= 15 is 0 Å². The fourth-order valence-corrected chi connectivity index (χ4v) is 5.49. The van der Waals surface area contributed by atoms with Crippen molar-refractivity contribution in [3.63, 3.8) is 0 Å². The summed E-state index contributed by atoms with van der Waals surface area (Å²) < 4.78 is 10.6. The van der Waals surface area contributed by atoms with Gasteiger partial charge in [-0.15, -0.1) is 0 Å². The number of ether oxygens (including phenoxy) is 2. The molecular weight excluding hydrogens is 454 g/mol. The second kappa shape index (κ2) is 11.7. The number of piperidine rings is 1. The third-order valence-corrected chi connectivity index (χ3v) is 7.31. The first kappa shape index (κ1) is 25.9. The topological polar surface area (TPSA) is 71.1 Å². The number of methoxy groups -OCH3 is 2.